The van der Waals surface area contributed by atoms with Crippen LogP contribution >= 0.6 is 0 Å². The number of ether oxygens (including phenoxy) is 6. The van der Waals surface area contributed by atoms with Gasteiger partial charge in [-0.2, -0.15) is 0 Å². The fourth-order valence-corrected chi connectivity index (χ4v) is 11.1. The Labute approximate surface area is 492 Å². The number of carbonyl (C=O) groups is 1. The average Bonchev–Trinajstić information content (AvgIpc) is 3.43. The van der Waals surface area contributed by atoms with E-state index in [4.69, 9.17) is 28.4 Å². The second kappa shape index (κ2) is 46.4. The lowest BCUT2D eigenvalue weighted by molar-refractivity contribution is -0.379. The Hall–Kier alpha value is -1.73. The Morgan fingerprint density at radius 3 is 1.18 bits per heavy atom. The molecule has 3 aliphatic heterocycles. The van der Waals surface area contributed by atoms with Gasteiger partial charge in [0.05, 0.1) is 38.6 Å². The highest BCUT2D eigenvalue weighted by Gasteiger charge is 2.53. The molecule has 82 heavy (non-hydrogen) atoms. The van der Waals surface area contributed by atoms with E-state index in [1.54, 1.807) is 6.08 Å². The summed E-state index contributed by atoms with van der Waals surface area (Å²) in [6.07, 6.45) is 22.9. The molecule has 19 nitrogen and oxygen atoms in total. The van der Waals surface area contributed by atoms with Gasteiger partial charge in [-0.3, -0.25) is 4.79 Å². The van der Waals surface area contributed by atoms with Crippen molar-refractivity contribution in [2.24, 2.45) is 0 Å². The van der Waals surface area contributed by atoms with Gasteiger partial charge >= 0.3 is 0 Å². The number of hydrogen-bond donors (Lipinski definition) is 12. The molecule has 0 spiro atoms. The Bertz CT molecular complexity index is 1590. The molecule has 0 aromatic heterocycles. The number of aliphatic hydroxyl groups excluding tert-OH is 11. The average molecular weight is 1180 g/mol. The predicted molar refractivity (Wildman–Crippen MR) is 314 cm³/mol. The summed E-state index contributed by atoms with van der Waals surface area (Å²) < 4.78 is 34.3. The van der Waals surface area contributed by atoms with Gasteiger partial charge in [-0.25, -0.2) is 0 Å². The van der Waals surface area contributed by atoms with Crippen molar-refractivity contribution in [2.45, 2.75) is 343 Å². The number of nitrogens with one attached hydrogen (secondary N) is 1. The van der Waals surface area contributed by atoms with Crippen LogP contribution in [0.1, 0.15) is 239 Å². The third-order valence-electron chi connectivity index (χ3n) is 16.5. The molecule has 482 valence electrons. The van der Waals surface area contributed by atoms with E-state index in [0.717, 1.165) is 57.8 Å². The number of allylic oxidation sites excluding steroid dienone is 3. The van der Waals surface area contributed by atoms with Crippen molar-refractivity contribution in [1.29, 1.82) is 0 Å². The summed E-state index contributed by atoms with van der Waals surface area (Å²) in [5.74, 6) is -0.278. The summed E-state index contributed by atoms with van der Waals surface area (Å²) in [6, 6.07) is -0.973. The van der Waals surface area contributed by atoms with Gasteiger partial charge in [-0.05, 0) is 44.9 Å². The fourth-order valence-electron chi connectivity index (χ4n) is 11.1. The Morgan fingerprint density at radius 2 is 0.768 bits per heavy atom. The molecular weight excluding hydrogens is 1060 g/mol. The van der Waals surface area contributed by atoms with E-state index in [1.807, 2.05) is 6.08 Å². The highest BCUT2D eigenvalue weighted by Crippen LogP contribution is 2.33. The second-order valence-corrected chi connectivity index (χ2v) is 23.6. The number of hydrogen-bond acceptors (Lipinski definition) is 18. The van der Waals surface area contributed by atoms with Crippen LogP contribution < -0.4 is 5.32 Å². The maximum absolute atomic E-state index is 13.4. The maximum Gasteiger partial charge on any atom is 0.220 e. The maximum atomic E-state index is 13.4. The Kier molecular flexibility index (Phi) is 42.2. The minimum absolute atomic E-state index is 0.240. The van der Waals surface area contributed by atoms with Crippen molar-refractivity contribution in [3.05, 3.63) is 24.3 Å². The van der Waals surface area contributed by atoms with Crippen molar-refractivity contribution in [1.82, 2.24) is 5.32 Å². The number of unbranched alkanes of at least 4 members (excludes halogenated alkanes) is 31. The molecule has 3 rings (SSSR count). The minimum atomic E-state index is -1.98. The standard InChI is InChI=1S/C63H117NO18/c1-3-5-7-9-11-13-15-17-19-21-23-24-26-28-30-32-34-36-38-40-47(68)46(64-51(69)41-39-37-35-33-31-29-27-25-22-20-18-16-14-12-10-8-6-4-2)45-77-61-57(75)54(72)59(49(43-66)79-61)82-63-58(76)55(73)60(50(44-67)80-63)81-62-56(74)53(71)52(70)48(42-65)78-62/h20,22,38,40,46-50,52-63,65-68,70-76H,3-19,21,23-37,39,41-45H2,1-2H3,(H,64,69)/b22-20-,40-38+. The molecule has 12 N–H and O–H groups in total. The Morgan fingerprint density at radius 1 is 0.427 bits per heavy atom. The topological polar surface area (TPSA) is 307 Å². The predicted octanol–water partition coefficient (Wildman–Crippen LogP) is 7.10. The highest BCUT2D eigenvalue weighted by atomic mass is 16.8. The van der Waals surface area contributed by atoms with Crippen molar-refractivity contribution >= 4 is 5.91 Å². The van der Waals surface area contributed by atoms with Gasteiger partial charge in [-0.15, -0.1) is 0 Å². The molecule has 0 aliphatic carbocycles. The van der Waals surface area contributed by atoms with Crippen LogP contribution in [0.3, 0.4) is 0 Å². The first-order chi connectivity index (χ1) is 39.8. The molecule has 17 unspecified atom stereocenters. The summed E-state index contributed by atoms with van der Waals surface area (Å²) in [7, 11) is 0. The van der Waals surface area contributed by atoms with Crippen LogP contribution in [0.5, 0.6) is 0 Å². The SMILES string of the molecule is CCCCCCCCC/C=C\CCCCCCCCCC(=O)NC(COC1OC(CO)C(OC2OC(CO)C(OC3OC(CO)C(O)C(O)C3O)C(O)C2O)C(O)C1O)C(O)/C=C/CCCCCCCCCCCCCCCCCCC. The molecule has 19 heteroatoms. The lowest BCUT2D eigenvalue weighted by Crippen LogP contribution is -2.66. The normalized spacial score (nSPS) is 29.7. The zero-order valence-corrected chi connectivity index (χ0v) is 50.5. The van der Waals surface area contributed by atoms with Crippen molar-refractivity contribution in [3.8, 4) is 0 Å². The summed E-state index contributed by atoms with van der Waals surface area (Å²) in [5.41, 5.74) is 0. The highest BCUT2D eigenvalue weighted by molar-refractivity contribution is 5.76. The summed E-state index contributed by atoms with van der Waals surface area (Å²) >= 11 is 0. The lowest BCUT2D eigenvalue weighted by atomic mass is 9.96. The second-order valence-electron chi connectivity index (χ2n) is 23.6. The van der Waals surface area contributed by atoms with Crippen LogP contribution in [0.15, 0.2) is 24.3 Å². The lowest BCUT2D eigenvalue weighted by Gasteiger charge is -2.48. The fraction of sp³-hybridized carbons (Fsp3) is 0.921. The van der Waals surface area contributed by atoms with Crippen molar-refractivity contribution < 1.29 is 89.4 Å². The van der Waals surface area contributed by atoms with E-state index in [0.29, 0.717) is 6.42 Å². The van der Waals surface area contributed by atoms with Crippen molar-refractivity contribution in [2.75, 3.05) is 26.4 Å². The monoisotopic (exact) mass is 1180 g/mol. The first-order valence-corrected chi connectivity index (χ1v) is 32.6. The largest absolute Gasteiger partial charge is 0.394 e. The number of carbonyl (C=O) groups excluding carboxylic acids is 1. The molecule has 3 saturated heterocycles. The van der Waals surface area contributed by atoms with Gasteiger partial charge in [-0.1, -0.05) is 212 Å². The van der Waals surface area contributed by atoms with Gasteiger partial charge in [0.15, 0.2) is 18.9 Å². The van der Waals surface area contributed by atoms with Crippen LogP contribution in [-0.2, 0) is 33.2 Å². The minimum Gasteiger partial charge on any atom is -0.394 e. The molecule has 3 fully saturated rings. The van der Waals surface area contributed by atoms with Gasteiger partial charge in [0.25, 0.3) is 0 Å². The summed E-state index contributed by atoms with van der Waals surface area (Å²) in [6.45, 7) is 1.74. The van der Waals surface area contributed by atoms with E-state index in [9.17, 15) is 61.0 Å². The van der Waals surface area contributed by atoms with E-state index < -0.39 is 124 Å². The van der Waals surface area contributed by atoms with Crippen molar-refractivity contribution in [3.63, 3.8) is 0 Å². The molecule has 0 bridgehead atoms. The van der Waals surface area contributed by atoms with E-state index in [-0.39, 0.29) is 18.9 Å². The first kappa shape index (κ1) is 74.5. The van der Waals surface area contributed by atoms with E-state index in [1.165, 1.54) is 154 Å². The number of amides is 1. The quantitative estimate of drug-likeness (QED) is 0.0213. The molecule has 0 saturated carbocycles. The summed E-state index contributed by atoms with van der Waals surface area (Å²) in [5, 5.41) is 120. The van der Waals surface area contributed by atoms with Gasteiger partial charge < -0.3 is 89.9 Å². The van der Waals surface area contributed by atoms with E-state index in [2.05, 4.69) is 31.3 Å². The van der Waals surface area contributed by atoms with Crippen LogP contribution in [-0.4, -0.2) is 193 Å². The van der Waals surface area contributed by atoms with Crippen LogP contribution in [0, 0.1) is 0 Å². The van der Waals surface area contributed by atoms with Crippen LogP contribution in [0.4, 0.5) is 0 Å². The van der Waals surface area contributed by atoms with Gasteiger partial charge in [0.1, 0.15) is 73.2 Å². The third kappa shape index (κ3) is 29.3. The molecular formula is C63H117NO18. The first-order valence-electron chi connectivity index (χ1n) is 32.6. The molecule has 0 radical (unpaired) electrons. The molecule has 3 aliphatic rings. The van der Waals surface area contributed by atoms with Gasteiger partial charge in [0.2, 0.25) is 5.91 Å². The van der Waals surface area contributed by atoms with Gasteiger partial charge in [0, 0.05) is 6.42 Å². The summed E-state index contributed by atoms with van der Waals surface area (Å²) in [4.78, 5) is 13.4. The zero-order chi connectivity index (χ0) is 59.7. The molecule has 17 atom stereocenters. The molecule has 0 aromatic rings. The zero-order valence-electron chi connectivity index (χ0n) is 50.5. The Balaban J connectivity index is 1.48. The molecule has 0 aromatic carbocycles. The molecule has 1 amide bonds. The van der Waals surface area contributed by atoms with E-state index >= 15 is 0 Å². The smallest absolute Gasteiger partial charge is 0.220 e. The number of aliphatic hydroxyl groups is 11. The van der Waals surface area contributed by atoms with Crippen LogP contribution in [0.25, 0.3) is 0 Å². The molecule has 3 heterocycles. The number of rotatable bonds is 49. The third-order valence-corrected chi connectivity index (χ3v) is 16.5. The van der Waals surface area contributed by atoms with Crippen LogP contribution in [0.2, 0.25) is 0 Å².